The van der Waals surface area contributed by atoms with Crippen LogP contribution in [0.2, 0.25) is 0 Å². The summed E-state index contributed by atoms with van der Waals surface area (Å²) in [5, 5.41) is 10.9. The molecule has 58 heavy (non-hydrogen) atoms. The number of hydrogen-bond acceptors (Lipinski definition) is 9. The number of benzene rings is 1. The fraction of sp³-hybridized carbons (Fsp3) is 0.659. The molecule has 16 nitrogen and oxygen atoms in total. The molecule has 1 saturated carbocycles. The summed E-state index contributed by atoms with van der Waals surface area (Å²) < 4.78 is 31.6. The first kappa shape index (κ1) is 46.2. The minimum absolute atomic E-state index is 0.0275. The van der Waals surface area contributed by atoms with Crippen LogP contribution in [-0.2, 0) is 46.9 Å². The molecule has 1 aromatic rings. The first-order valence-electron chi connectivity index (χ1n) is 20.0. The van der Waals surface area contributed by atoms with Crippen molar-refractivity contribution >= 4 is 45.7 Å². The van der Waals surface area contributed by atoms with Gasteiger partial charge in [0.25, 0.3) is 5.91 Å². The Morgan fingerprint density at radius 2 is 1.64 bits per heavy atom. The number of amides is 6. The SMILES string of the molecule is C=CCNC(=O)C(=O)C(CC1CCC1)NC(=O)[C@@H]1CC(OC(=O)N2CCc3ccccc3C2)CN1C(=O)[C@@H](NC(=O)N[C@H](CN(C)S(C)(=O)=O)C(C)(C)C)C(C)(C)C. The highest BCUT2D eigenvalue weighted by molar-refractivity contribution is 7.88. The third-order valence-electron chi connectivity index (χ3n) is 11.3. The Kier molecular flexibility index (Phi) is 15.2. The van der Waals surface area contributed by atoms with Crippen LogP contribution in [0.1, 0.15) is 84.8 Å². The third-order valence-corrected chi connectivity index (χ3v) is 12.6. The van der Waals surface area contributed by atoms with Crippen molar-refractivity contribution in [3.63, 3.8) is 0 Å². The molecule has 1 aromatic carbocycles. The number of hydrogen-bond donors (Lipinski definition) is 4. The lowest BCUT2D eigenvalue weighted by Gasteiger charge is -2.37. The molecule has 17 heteroatoms. The van der Waals surface area contributed by atoms with E-state index in [1.165, 1.54) is 18.0 Å². The van der Waals surface area contributed by atoms with E-state index in [1.807, 2.05) is 45.0 Å². The van der Waals surface area contributed by atoms with E-state index in [0.717, 1.165) is 41.0 Å². The van der Waals surface area contributed by atoms with Gasteiger partial charge in [-0.05, 0) is 40.7 Å². The van der Waals surface area contributed by atoms with Crippen LogP contribution >= 0.6 is 0 Å². The Morgan fingerprint density at radius 1 is 0.983 bits per heavy atom. The summed E-state index contributed by atoms with van der Waals surface area (Å²) >= 11 is 0. The topological polar surface area (TPSA) is 204 Å². The maximum absolute atomic E-state index is 14.7. The molecule has 2 unspecified atom stereocenters. The van der Waals surface area contributed by atoms with E-state index in [-0.39, 0.29) is 38.4 Å². The van der Waals surface area contributed by atoms with Crippen molar-refractivity contribution in [2.45, 2.75) is 117 Å². The van der Waals surface area contributed by atoms with Crippen LogP contribution in [-0.4, -0.2) is 128 Å². The van der Waals surface area contributed by atoms with Gasteiger partial charge in [-0.2, -0.15) is 0 Å². The van der Waals surface area contributed by atoms with Crippen LogP contribution in [0.25, 0.3) is 0 Å². The zero-order valence-electron chi connectivity index (χ0n) is 35.3. The predicted molar refractivity (Wildman–Crippen MR) is 219 cm³/mol. The van der Waals surface area contributed by atoms with Crippen LogP contribution in [0.15, 0.2) is 36.9 Å². The second-order valence-corrected chi connectivity index (χ2v) is 20.1. The normalized spacial score (nSPS) is 20.2. The fourth-order valence-corrected chi connectivity index (χ4v) is 7.71. The number of nitrogens with zero attached hydrogens (tertiary/aromatic N) is 3. The molecule has 322 valence electrons. The first-order valence-corrected chi connectivity index (χ1v) is 21.9. The van der Waals surface area contributed by atoms with Crippen LogP contribution in [0, 0.1) is 16.7 Å². The average Bonchev–Trinajstić information content (AvgIpc) is 3.55. The Labute approximate surface area is 343 Å². The number of urea groups is 1. The number of likely N-dealkylation sites (tertiary alicyclic amines) is 1. The van der Waals surface area contributed by atoms with Crippen LogP contribution < -0.4 is 21.3 Å². The number of likely N-dealkylation sites (N-methyl/N-ethyl adjacent to an activating group) is 1. The summed E-state index contributed by atoms with van der Waals surface area (Å²) in [7, 11) is -2.15. The van der Waals surface area contributed by atoms with Crippen molar-refractivity contribution in [1.29, 1.82) is 0 Å². The quantitative estimate of drug-likeness (QED) is 0.151. The van der Waals surface area contributed by atoms with Gasteiger partial charge in [0, 0.05) is 45.7 Å². The van der Waals surface area contributed by atoms with Gasteiger partial charge in [-0.1, -0.05) is 91.1 Å². The molecule has 1 aliphatic carbocycles. The first-order chi connectivity index (χ1) is 27.0. The van der Waals surface area contributed by atoms with Gasteiger partial charge in [0.15, 0.2) is 0 Å². The van der Waals surface area contributed by atoms with Crippen molar-refractivity contribution in [3.05, 3.63) is 48.0 Å². The van der Waals surface area contributed by atoms with Crippen molar-refractivity contribution in [2.24, 2.45) is 16.7 Å². The van der Waals surface area contributed by atoms with Gasteiger partial charge >= 0.3 is 12.1 Å². The lowest BCUT2D eigenvalue weighted by Crippen LogP contribution is -2.62. The summed E-state index contributed by atoms with van der Waals surface area (Å²) in [5.41, 5.74) is 0.655. The van der Waals surface area contributed by atoms with E-state index in [0.29, 0.717) is 19.5 Å². The van der Waals surface area contributed by atoms with Crippen molar-refractivity contribution < 1.29 is 41.9 Å². The summed E-state index contributed by atoms with van der Waals surface area (Å²) in [6, 6.07) is 2.86. The summed E-state index contributed by atoms with van der Waals surface area (Å²) in [4.78, 5) is 85.3. The molecule has 4 N–H and O–H groups in total. The van der Waals surface area contributed by atoms with Gasteiger partial charge in [-0.15, -0.1) is 6.58 Å². The lowest BCUT2D eigenvalue weighted by atomic mass is 9.80. The van der Waals surface area contributed by atoms with Crippen molar-refractivity contribution in [2.75, 3.05) is 39.5 Å². The molecule has 2 aliphatic heterocycles. The predicted octanol–water partition coefficient (Wildman–Crippen LogP) is 2.72. The molecule has 0 spiro atoms. The lowest BCUT2D eigenvalue weighted by molar-refractivity contribution is -0.144. The number of carbonyl (C=O) groups excluding carboxylic acids is 6. The maximum atomic E-state index is 14.7. The highest BCUT2D eigenvalue weighted by atomic mass is 32.2. The number of rotatable bonds is 15. The summed E-state index contributed by atoms with van der Waals surface area (Å²) in [6.07, 6.45) is 4.48. The Bertz CT molecular complexity index is 1820. The molecule has 1 saturated heterocycles. The second kappa shape index (κ2) is 19.0. The van der Waals surface area contributed by atoms with E-state index in [4.69, 9.17) is 4.74 Å². The minimum atomic E-state index is -3.57. The average molecular weight is 830 g/mol. The van der Waals surface area contributed by atoms with Crippen LogP contribution in [0.3, 0.4) is 0 Å². The molecule has 5 atom stereocenters. The van der Waals surface area contributed by atoms with E-state index in [2.05, 4.69) is 27.8 Å². The summed E-state index contributed by atoms with van der Waals surface area (Å²) in [6.45, 7) is 15.0. The summed E-state index contributed by atoms with van der Waals surface area (Å²) in [5.74, 6) is -2.86. The number of sulfonamides is 1. The van der Waals surface area contributed by atoms with Gasteiger partial charge in [-0.25, -0.2) is 22.3 Å². The highest BCUT2D eigenvalue weighted by Crippen LogP contribution is 2.32. The van der Waals surface area contributed by atoms with Gasteiger partial charge < -0.3 is 35.8 Å². The Balaban J connectivity index is 1.60. The van der Waals surface area contributed by atoms with E-state index in [1.54, 1.807) is 25.7 Å². The van der Waals surface area contributed by atoms with Gasteiger partial charge in [-0.3, -0.25) is 19.2 Å². The molecule has 2 fully saturated rings. The molecular weight excluding hydrogens is 767 g/mol. The van der Waals surface area contributed by atoms with Crippen LogP contribution in [0.5, 0.6) is 0 Å². The molecule has 3 aliphatic rings. The number of ether oxygens (including phenoxy) is 1. The highest BCUT2D eigenvalue weighted by Gasteiger charge is 2.47. The molecular formula is C41H63N7O9S. The number of fused-ring (bicyclic) bond motifs is 1. The zero-order valence-corrected chi connectivity index (χ0v) is 36.1. The Morgan fingerprint density at radius 3 is 2.21 bits per heavy atom. The van der Waals surface area contributed by atoms with Gasteiger partial charge in [0.2, 0.25) is 27.6 Å². The smallest absolute Gasteiger partial charge is 0.410 e. The molecule has 0 radical (unpaired) electrons. The molecule has 6 amide bonds. The second-order valence-electron chi connectivity index (χ2n) is 18.0. The maximum Gasteiger partial charge on any atom is 0.410 e. The number of nitrogens with one attached hydrogen (secondary N) is 4. The zero-order chi connectivity index (χ0) is 43.2. The van der Waals surface area contributed by atoms with Gasteiger partial charge in [0.1, 0.15) is 18.2 Å². The molecule has 4 rings (SSSR count). The standard InChI is InChI=1S/C41H63N7O9S/c1-10-19-42-36(51)33(49)30(21-26-14-13-15-26)43-35(50)31-22-29(57-39(54)47-20-18-27-16-11-12-17-28(27)23-47)24-48(31)37(52)34(41(5,6)7)45-38(53)44-32(40(2,3)4)25-46(8)58(9,55)56/h10-12,16-17,26,29-32,34H,1,13-15,18-25H2,2-9H3,(H,42,51)(H,43,50)(H2,44,45,53)/t29?,30?,31-,32+,34+/m0/s1. The van der Waals surface area contributed by atoms with Gasteiger partial charge in [0.05, 0.1) is 18.8 Å². The number of ketones is 1. The number of Topliss-reactive ketones (excluding diaryl/α,β-unsaturated/α-hetero) is 1. The van der Waals surface area contributed by atoms with Crippen LogP contribution in [0.4, 0.5) is 9.59 Å². The number of carbonyl (C=O) groups is 6. The van der Waals surface area contributed by atoms with E-state index in [9.17, 15) is 37.2 Å². The minimum Gasteiger partial charge on any atom is -0.444 e. The molecule has 0 aromatic heterocycles. The fourth-order valence-electron chi connectivity index (χ4n) is 7.29. The largest absolute Gasteiger partial charge is 0.444 e. The molecule has 0 bridgehead atoms. The van der Waals surface area contributed by atoms with E-state index >= 15 is 0 Å². The third kappa shape index (κ3) is 12.3. The van der Waals surface area contributed by atoms with Crippen molar-refractivity contribution in [3.8, 4) is 0 Å². The van der Waals surface area contributed by atoms with E-state index < -0.39 is 86.8 Å². The monoisotopic (exact) mass is 829 g/mol. The molecule has 2 heterocycles. The van der Waals surface area contributed by atoms with Crippen molar-refractivity contribution in [1.82, 2.24) is 35.4 Å². The Hall–Kier alpha value is -4.51.